The van der Waals surface area contributed by atoms with Gasteiger partial charge < -0.3 is 19.3 Å². The van der Waals surface area contributed by atoms with E-state index in [-0.39, 0.29) is 12.8 Å². The maximum Gasteiger partial charge on any atom is 0.308 e. The van der Waals surface area contributed by atoms with Crippen LogP contribution in [0.2, 0.25) is 0 Å². The molecule has 1 unspecified atom stereocenters. The lowest BCUT2D eigenvalue weighted by molar-refractivity contribution is -0.157. The standard InChI is InChI=1S/C9H14O6/c1-5(10)14-6-4-9(12)15-7(6)3-8(11)13-2/h6-7,9,12H,3-4H2,1-2H3/t6-,7+,9?/m1/s1. The van der Waals surface area contributed by atoms with Gasteiger partial charge in [-0.2, -0.15) is 0 Å². The lowest BCUT2D eigenvalue weighted by atomic mass is 10.1. The molecule has 1 rings (SSSR count). The summed E-state index contributed by atoms with van der Waals surface area (Å²) < 4.78 is 14.4. The fraction of sp³-hybridized carbons (Fsp3) is 0.778. The van der Waals surface area contributed by atoms with Gasteiger partial charge in [-0.15, -0.1) is 0 Å². The average Bonchev–Trinajstić information content (AvgIpc) is 2.45. The lowest BCUT2D eigenvalue weighted by Crippen LogP contribution is -2.29. The van der Waals surface area contributed by atoms with Gasteiger partial charge in [0.1, 0.15) is 12.2 Å². The molecule has 1 N–H and O–H groups in total. The molecule has 1 saturated heterocycles. The molecule has 1 aliphatic rings. The zero-order valence-corrected chi connectivity index (χ0v) is 8.63. The minimum atomic E-state index is -0.996. The summed E-state index contributed by atoms with van der Waals surface area (Å²) in [5, 5.41) is 9.20. The molecule has 0 saturated carbocycles. The number of aliphatic hydroxyl groups is 1. The van der Waals surface area contributed by atoms with Crippen molar-refractivity contribution < 1.29 is 28.9 Å². The molecule has 0 amide bonds. The molecule has 0 radical (unpaired) electrons. The minimum Gasteiger partial charge on any atom is -0.469 e. The van der Waals surface area contributed by atoms with Gasteiger partial charge >= 0.3 is 11.9 Å². The third-order valence-corrected chi connectivity index (χ3v) is 2.09. The molecular weight excluding hydrogens is 204 g/mol. The van der Waals surface area contributed by atoms with Crippen LogP contribution in [0.4, 0.5) is 0 Å². The Hall–Kier alpha value is -1.14. The second-order valence-corrected chi connectivity index (χ2v) is 3.29. The van der Waals surface area contributed by atoms with Crippen LogP contribution in [0.5, 0.6) is 0 Å². The molecule has 1 fully saturated rings. The van der Waals surface area contributed by atoms with E-state index >= 15 is 0 Å². The highest BCUT2D eigenvalue weighted by Crippen LogP contribution is 2.24. The normalized spacial score (nSPS) is 29.9. The maximum absolute atomic E-state index is 11.0. The molecule has 0 spiro atoms. The van der Waals surface area contributed by atoms with Crippen molar-refractivity contribution >= 4 is 11.9 Å². The van der Waals surface area contributed by atoms with E-state index in [9.17, 15) is 14.7 Å². The van der Waals surface area contributed by atoms with Crippen molar-refractivity contribution in [2.45, 2.75) is 38.3 Å². The van der Waals surface area contributed by atoms with Crippen LogP contribution in [0.3, 0.4) is 0 Å². The predicted molar refractivity (Wildman–Crippen MR) is 47.7 cm³/mol. The predicted octanol–water partition coefficient (Wildman–Crippen LogP) is -0.412. The van der Waals surface area contributed by atoms with Gasteiger partial charge in [-0.25, -0.2) is 0 Å². The van der Waals surface area contributed by atoms with Crippen LogP contribution >= 0.6 is 0 Å². The van der Waals surface area contributed by atoms with Crippen LogP contribution in [0, 0.1) is 0 Å². The fourth-order valence-corrected chi connectivity index (χ4v) is 1.46. The number of hydrogen-bond acceptors (Lipinski definition) is 6. The molecule has 86 valence electrons. The smallest absolute Gasteiger partial charge is 0.308 e. The van der Waals surface area contributed by atoms with Crippen molar-refractivity contribution in [1.29, 1.82) is 0 Å². The molecule has 1 aliphatic heterocycles. The zero-order valence-electron chi connectivity index (χ0n) is 8.63. The number of hydrogen-bond donors (Lipinski definition) is 1. The van der Waals surface area contributed by atoms with Gasteiger partial charge in [0.25, 0.3) is 0 Å². The highest BCUT2D eigenvalue weighted by atomic mass is 16.6. The topological polar surface area (TPSA) is 82.1 Å². The fourth-order valence-electron chi connectivity index (χ4n) is 1.46. The summed E-state index contributed by atoms with van der Waals surface area (Å²) in [6.07, 6.45) is -2.07. The van der Waals surface area contributed by atoms with Crippen molar-refractivity contribution in [2.24, 2.45) is 0 Å². The third kappa shape index (κ3) is 3.49. The van der Waals surface area contributed by atoms with Gasteiger partial charge in [0.05, 0.1) is 13.5 Å². The number of esters is 2. The monoisotopic (exact) mass is 218 g/mol. The zero-order chi connectivity index (χ0) is 11.4. The van der Waals surface area contributed by atoms with Gasteiger partial charge in [-0.3, -0.25) is 9.59 Å². The third-order valence-electron chi connectivity index (χ3n) is 2.09. The van der Waals surface area contributed by atoms with Crippen LogP contribution in [-0.2, 0) is 23.8 Å². The Labute approximate surface area is 87.1 Å². The van der Waals surface area contributed by atoms with Crippen molar-refractivity contribution in [3.8, 4) is 0 Å². The van der Waals surface area contributed by atoms with Crippen molar-refractivity contribution in [3.05, 3.63) is 0 Å². The quantitative estimate of drug-likeness (QED) is 0.648. The molecule has 6 heteroatoms. The summed E-state index contributed by atoms with van der Waals surface area (Å²) in [6, 6.07) is 0. The van der Waals surface area contributed by atoms with Crippen LogP contribution in [0.15, 0.2) is 0 Å². The molecule has 15 heavy (non-hydrogen) atoms. The summed E-state index contributed by atoms with van der Waals surface area (Å²) in [5.74, 6) is -0.932. The van der Waals surface area contributed by atoms with Gasteiger partial charge in [0.15, 0.2) is 6.29 Å². The lowest BCUT2D eigenvalue weighted by Gasteiger charge is -2.16. The van der Waals surface area contributed by atoms with E-state index < -0.39 is 30.4 Å². The molecule has 0 aliphatic carbocycles. The van der Waals surface area contributed by atoms with Crippen LogP contribution in [0.1, 0.15) is 19.8 Å². The van der Waals surface area contributed by atoms with Crippen molar-refractivity contribution in [2.75, 3.05) is 7.11 Å². The number of ether oxygens (including phenoxy) is 3. The Balaban J connectivity index is 2.52. The number of carbonyl (C=O) groups is 2. The van der Waals surface area contributed by atoms with Gasteiger partial charge in [-0.05, 0) is 0 Å². The number of aliphatic hydroxyl groups excluding tert-OH is 1. The first-order valence-corrected chi connectivity index (χ1v) is 4.60. The van der Waals surface area contributed by atoms with Gasteiger partial charge in [0, 0.05) is 13.3 Å². The van der Waals surface area contributed by atoms with Crippen molar-refractivity contribution in [3.63, 3.8) is 0 Å². The summed E-state index contributed by atoms with van der Waals surface area (Å²) in [4.78, 5) is 21.7. The Morgan fingerprint density at radius 1 is 1.53 bits per heavy atom. The van der Waals surface area contributed by atoms with E-state index in [0.29, 0.717) is 0 Å². The Morgan fingerprint density at radius 3 is 2.73 bits per heavy atom. The molecule has 0 bridgehead atoms. The largest absolute Gasteiger partial charge is 0.469 e. The molecule has 0 aromatic rings. The highest BCUT2D eigenvalue weighted by Gasteiger charge is 2.38. The summed E-state index contributed by atoms with van der Waals surface area (Å²) in [6.45, 7) is 1.26. The first kappa shape index (κ1) is 11.9. The summed E-state index contributed by atoms with van der Waals surface area (Å²) in [7, 11) is 1.26. The van der Waals surface area contributed by atoms with Crippen LogP contribution in [-0.4, -0.2) is 42.7 Å². The summed E-state index contributed by atoms with van der Waals surface area (Å²) >= 11 is 0. The van der Waals surface area contributed by atoms with E-state index in [1.807, 2.05) is 0 Å². The Bertz CT molecular complexity index is 251. The first-order valence-electron chi connectivity index (χ1n) is 4.60. The van der Waals surface area contributed by atoms with Gasteiger partial charge in [-0.1, -0.05) is 0 Å². The molecule has 0 aromatic heterocycles. The van der Waals surface area contributed by atoms with Crippen LogP contribution < -0.4 is 0 Å². The van der Waals surface area contributed by atoms with E-state index in [4.69, 9.17) is 9.47 Å². The van der Waals surface area contributed by atoms with E-state index in [0.717, 1.165) is 0 Å². The van der Waals surface area contributed by atoms with Crippen molar-refractivity contribution in [1.82, 2.24) is 0 Å². The molecule has 0 aromatic carbocycles. The number of methoxy groups -OCH3 is 1. The van der Waals surface area contributed by atoms with Gasteiger partial charge in [0.2, 0.25) is 0 Å². The second kappa shape index (κ2) is 5.09. The molecule has 6 nitrogen and oxygen atoms in total. The molecule has 3 atom stereocenters. The van der Waals surface area contributed by atoms with Crippen LogP contribution in [0.25, 0.3) is 0 Å². The number of carbonyl (C=O) groups excluding carboxylic acids is 2. The maximum atomic E-state index is 11.0. The second-order valence-electron chi connectivity index (χ2n) is 3.29. The molecule has 1 heterocycles. The van der Waals surface area contributed by atoms with E-state index in [1.165, 1.54) is 14.0 Å². The SMILES string of the molecule is COC(=O)C[C@@H]1OC(O)C[C@H]1OC(C)=O. The number of rotatable bonds is 3. The summed E-state index contributed by atoms with van der Waals surface area (Å²) in [5.41, 5.74) is 0. The average molecular weight is 218 g/mol. The van der Waals surface area contributed by atoms with E-state index in [2.05, 4.69) is 4.74 Å². The minimum absolute atomic E-state index is 0.0362. The first-order chi connectivity index (χ1) is 7.02. The Morgan fingerprint density at radius 2 is 2.20 bits per heavy atom. The highest BCUT2D eigenvalue weighted by molar-refractivity contribution is 5.70. The molecular formula is C9H14O6. The van der Waals surface area contributed by atoms with E-state index in [1.54, 1.807) is 0 Å². The Kier molecular flexibility index (Phi) is 4.05.